The highest BCUT2D eigenvalue weighted by molar-refractivity contribution is 5.81. The average Bonchev–Trinajstić information content (AvgIpc) is 2.44. The summed E-state index contributed by atoms with van der Waals surface area (Å²) in [6.07, 6.45) is 0.983. The van der Waals surface area contributed by atoms with E-state index in [9.17, 15) is 14.0 Å². The van der Waals surface area contributed by atoms with Crippen LogP contribution in [0.1, 0.15) is 39.2 Å². The number of hydrogen-bond donors (Lipinski definition) is 1. The molecule has 0 fully saturated rings. The Bertz CT molecular complexity index is 506. The summed E-state index contributed by atoms with van der Waals surface area (Å²) in [7, 11) is 1.72. The zero-order valence-electron chi connectivity index (χ0n) is 13.8. The Morgan fingerprint density at radius 2 is 1.77 bits per heavy atom. The third-order valence-electron chi connectivity index (χ3n) is 3.29. The van der Waals surface area contributed by atoms with E-state index in [2.05, 4.69) is 5.32 Å². The summed E-state index contributed by atoms with van der Waals surface area (Å²) < 4.78 is 12.8. The van der Waals surface area contributed by atoms with Gasteiger partial charge in [0, 0.05) is 32.0 Å². The maximum absolute atomic E-state index is 12.8. The standard InChI is InChI=1S/C17H25FN2O2/c1-17(2,3)16(22)19-11-5-6-15(21)20(4)12-13-7-9-14(18)10-8-13/h7-10H,5-6,11-12H2,1-4H3,(H,19,22). The molecule has 0 aliphatic rings. The lowest BCUT2D eigenvalue weighted by Crippen LogP contribution is -2.35. The Hall–Kier alpha value is -1.91. The molecular formula is C17H25FN2O2. The monoisotopic (exact) mass is 308 g/mol. The Kier molecular flexibility index (Phi) is 6.53. The fourth-order valence-electron chi connectivity index (χ4n) is 1.85. The van der Waals surface area contributed by atoms with Crippen molar-refractivity contribution in [1.29, 1.82) is 0 Å². The number of carbonyl (C=O) groups is 2. The van der Waals surface area contributed by atoms with Crippen molar-refractivity contribution in [1.82, 2.24) is 10.2 Å². The predicted molar refractivity (Wildman–Crippen MR) is 84.6 cm³/mol. The highest BCUT2D eigenvalue weighted by atomic mass is 19.1. The van der Waals surface area contributed by atoms with Crippen molar-refractivity contribution in [3.63, 3.8) is 0 Å². The van der Waals surface area contributed by atoms with Gasteiger partial charge in [0.15, 0.2) is 0 Å². The van der Waals surface area contributed by atoms with Gasteiger partial charge in [-0.05, 0) is 24.1 Å². The first-order valence-electron chi connectivity index (χ1n) is 7.47. The average molecular weight is 308 g/mol. The normalized spacial score (nSPS) is 11.1. The van der Waals surface area contributed by atoms with Gasteiger partial charge >= 0.3 is 0 Å². The molecule has 0 atom stereocenters. The van der Waals surface area contributed by atoms with Crippen molar-refractivity contribution in [2.45, 2.75) is 40.2 Å². The number of rotatable bonds is 6. The van der Waals surface area contributed by atoms with Crippen LogP contribution in [-0.4, -0.2) is 30.3 Å². The van der Waals surface area contributed by atoms with Crippen LogP contribution in [0.4, 0.5) is 4.39 Å². The van der Waals surface area contributed by atoms with Crippen LogP contribution in [0.25, 0.3) is 0 Å². The summed E-state index contributed by atoms with van der Waals surface area (Å²) in [4.78, 5) is 25.3. The van der Waals surface area contributed by atoms with Crippen molar-refractivity contribution in [2.75, 3.05) is 13.6 Å². The Morgan fingerprint density at radius 1 is 1.18 bits per heavy atom. The summed E-state index contributed by atoms with van der Waals surface area (Å²) in [6.45, 7) is 6.50. The number of amides is 2. The number of nitrogens with one attached hydrogen (secondary N) is 1. The van der Waals surface area contributed by atoms with E-state index in [1.807, 2.05) is 20.8 Å². The molecule has 0 aliphatic carbocycles. The van der Waals surface area contributed by atoms with Crippen LogP contribution >= 0.6 is 0 Å². The molecule has 0 aliphatic heterocycles. The number of carbonyl (C=O) groups excluding carboxylic acids is 2. The van der Waals surface area contributed by atoms with Crippen LogP contribution < -0.4 is 5.32 Å². The lowest BCUT2D eigenvalue weighted by molar-refractivity contribution is -0.131. The van der Waals surface area contributed by atoms with Crippen LogP contribution in [0.2, 0.25) is 0 Å². The van der Waals surface area contributed by atoms with Gasteiger partial charge in [0.25, 0.3) is 0 Å². The molecule has 0 radical (unpaired) electrons. The second kappa shape index (κ2) is 7.92. The van der Waals surface area contributed by atoms with E-state index in [0.717, 1.165) is 5.56 Å². The molecule has 0 bridgehead atoms. The summed E-state index contributed by atoms with van der Waals surface area (Å²) in [5, 5.41) is 2.82. The molecule has 0 unspecified atom stereocenters. The Morgan fingerprint density at radius 3 is 2.32 bits per heavy atom. The van der Waals surface area contributed by atoms with Gasteiger partial charge in [0.05, 0.1) is 0 Å². The van der Waals surface area contributed by atoms with Crippen molar-refractivity contribution in [2.24, 2.45) is 5.41 Å². The molecule has 0 saturated carbocycles. The molecule has 1 N–H and O–H groups in total. The third kappa shape index (κ3) is 6.24. The largest absolute Gasteiger partial charge is 0.356 e. The van der Waals surface area contributed by atoms with Gasteiger partial charge < -0.3 is 10.2 Å². The Balaban J connectivity index is 2.30. The quantitative estimate of drug-likeness (QED) is 0.822. The van der Waals surface area contributed by atoms with E-state index in [0.29, 0.717) is 25.9 Å². The van der Waals surface area contributed by atoms with E-state index in [1.165, 1.54) is 12.1 Å². The number of nitrogens with zero attached hydrogens (tertiary/aromatic N) is 1. The van der Waals surface area contributed by atoms with Gasteiger partial charge in [-0.25, -0.2) is 4.39 Å². The summed E-state index contributed by atoms with van der Waals surface area (Å²) in [5.74, 6) is -0.290. The molecule has 0 saturated heterocycles. The lowest BCUT2D eigenvalue weighted by atomic mass is 9.96. The molecule has 0 aromatic heterocycles. The van der Waals surface area contributed by atoms with Gasteiger partial charge in [-0.1, -0.05) is 32.9 Å². The summed E-state index contributed by atoms with van der Waals surface area (Å²) in [5.41, 5.74) is 0.474. The first kappa shape index (κ1) is 18.1. The second-order valence-electron chi connectivity index (χ2n) is 6.49. The molecule has 0 spiro atoms. The molecule has 22 heavy (non-hydrogen) atoms. The van der Waals surface area contributed by atoms with Gasteiger partial charge in [-0.15, -0.1) is 0 Å². The van der Waals surface area contributed by atoms with Crippen LogP contribution in [-0.2, 0) is 16.1 Å². The van der Waals surface area contributed by atoms with Gasteiger partial charge in [0.2, 0.25) is 11.8 Å². The molecule has 1 aromatic rings. The van der Waals surface area contributed by atoms with E-state index in [-0.39, 0.29) is 17.6 Å². The topological polar surface area (TPSA) is 49.4 Å². The van der Waals surface area contributed by atoms with Crippen molar-refractivity contribution >= 4 is 11.8 Å². The fourth-order valence-corrected chi connectivity index (χ4v) is 1.85. The molecule has 1 rings (SSSR count). The van der Waals surface area contributed by atoms with Crippen molar-refractivity contribution in [3.05, 3.63) is 35.6 Å². The van der Waals surface area contributed by atoms with E-state index in [1.54, 1.807) is 24.1 Å². The van der Waals surface area contributed by atoms with Gasteiger partial charge in [-0.3, -0.25) is 9.59 Å². The minimum absolute atomic E-state index is 0.00864. The second-order valence-corrected chi connectivity index (χ2v) is 6.49. The van der Waals surface area contributed by atoms with Gasteiger partial charge in [-0.2, -0.15) is 0 Å². The molecule has 1 aromatic carbocycles. The van der Waals surface area contributed by atoms with E-state index < -0.39 is 5.41 Å². The van der Waals surface area contributed by atoms with E-state index >= 15 is 0 Å². The smallest absolute Gasteiger partial charge is 0.225 e. The van der Waals surface area contributed by atoms with E-state index in [4.69, 9.17) is 0 Å². The molecular weight excluding hydrogens is 283 g/mol. The lowest BCUT2D eigenvalue weighted by Gasteiger charge is -2.19. The number of hydrogen-bond acceptors (Lipinski definition) is 2. The minimum atomic E-state index is -0.413. The van der Waals surface area contributed by atoms with Crippen LogP contribution in [0.15, 0.2) is 24.3 Å². The third-order valence-corrected chi connectivity index (χ3v) is 3.29. The highest BCUT2D eigenvalue weighted by Crippen LogP contribution is 2.12. The summed E-state index contributed by atoms with van der Waals surface area (Å²) in [6, 6.07) is 6.11. The number of benzene rings is 1. The maximum Gasteiger partial charge on any atom is 0.225 e. The summed E-state index contributed by atoms with van der Waals surface area (Å²) >= 11 is 0. The van der Waals surface area contributed by atoms with Crippen LogP contribution in [0.3, 0.4) is 0 Å². The molecule has 0 heterocycles. The van der Waals surface area contributed by atoms with Crippen LogP contribution in [0, 0.1) is 11.2 Å². The first-order chi connectivity index (χ1) is 10.2. The molecule has 2 amide bonds. The van der Waals surface area contributed by atoms with Gasteiger partial charge in [0.1, 0.15) is 5.82 Å². The highest BCUT2D eigenvalue weighted by Gasteiger charge is 2.20. The zero-order valence-corrected chi connectivity index (χ0v) is 13.8. The first-order valence-corrected chi connectivity index (χ1v) is 7.47. The maximum atomic E-state index is 12.8. The molecule has 4 nitrogen and oxygen atoms in total. The fraction of sp³-hybridized carbons (Fsp3) is 0.529. The molecule has 5 heteroatoms. The van der Waals surface area contributed by atoms with Crippen molar-refractivity contribution in [3.8, 4) is 0 Å². The SMILES string of the molecule is CN(Cc1ccc(F)cc1)C(=O)CCCNC(=O)C(C)(C)C. The molecule has 122 valence electrons. The number of halogens is 1. The van der Waals surface area contributed by atoms with Crippen molar-refractivity contribution < 1.29 is 14.0 Å². The predicted octanol–water partition coefficient (Wildman–Crippen LogP) is 2.73. The minimum Gasteiger partial charge on any atom is -0.356 e. The zero-order chi connectivity index (χ0) is 16.8. The van der Waals surface area contributed by atoms with Crippen LogP contribution in [0.5, 0.6) is 0 Å². The Labute approximate surface area is 131 Å².